The zero-order valence-electron chi connectivity index (χ0n) is 15.4. The molecule has 0 N–H and O–H groups in total. The highest BCUT2D eigenvalue weighted by molar-refractivity contribution is 7.90. The van der Waals surface area contributed by atoms with Gasteiger partial charge in [-0.25, -0.2) is 8.42 Å². The number of fused-ring (bicyclic) bond motifs is 2. The van der Waals surface area contributed by atoms with Crippen molar-refractivity contribution in [1.82, 2.24) is 9.47 Å². The maximum Gasteiger partial charge on any atom is 0.268 e. The highest BCUT2D eigenvalue weighted by atomic mass is 32.2. The third-order valence-electron chi connectivity index (χ3n) is 4.60. The molecule has 0 radical (unpaired) electrons. The highest BCUT2D eigenvalue weighted by Gasteiger charge is 2.36. The lowest BCUT2D eigenvalue weighted by Gasteiger charge is -2.10. The van der Waals surface area contributed by atoms with Crippen LogP contribution in [-0.4, -0.2) is 48.4 Å². The molecule has 0 fully saturated rings. The van der Waals surface area contributed by atoms with E-state index in [0.717, 1.165) is 28.0 Å². The van der Waals surface area contributed by atoms with Crippen LogP contribution in [0.2, 0.25) is 0 Å². The molecule has 3 aromatic rings. The molecule has 0 spiro atoms. The molecule has 3 amide bonds. The minimum Gasteiger partial charge on any atom is -0.319 e. The van der Waals surface area contributed by atoms with Gasteiger partial charge in [-0.2, -0.15) is 4.99 Å². The van der Waals surface area contributed by atoms with Crippen LogP contribution in [0, 0.1) is 0 Å². The number of sulfone groups is 1. The van der Waals surface area contributed by atoms with Crippen molar-refractivity contribution in [3.05, 3.63) is 58.4 Å². The quantitative estimate of drug-likeness (QED) is 0.585. The van der Waals surface area contributed by atoms with Crippen LogP contribution >= 0.6 is 11.3 Å². The first-order valence-electron chi connectivity index (χ1n) is 8.49. The number of hydrogen-bond acceptors (Lipinski definition) is 6. The van der Waals surface area contributed by atoms with Crippen LogP contribution in [0.15, 0.2) is 52.4 Å². The molecule has 0 saturated carbocycles. The fraction of sp³-hybridized carbons (Fsp3) is 0.158. The molecular weight excluding hydrogens is 414 g/mol. The standard InChI is InChI=1S/C19H15N3O5S2/c1-21-14-8-7-11(29(2,26)27)9-15(14)28-19(21)20-16(23)10-22-17(24)12-5-3-4-6-13(12)18(22)25/h3-9H,10H2,1-2H3. The van der Waals surface area contributed by atoms with Crippen LogP contribution in [0.3, 0.4) is 0 Å². The van der Waals surface area contributed by atoms with Gasteiger partial charge in [-0.3, -0.25) is 19.3 Å². The summed E-state index contributed by atoms with van der Waals surface area (Å²) in [6, 6.07) is 11.1. The number of benzene rings is 2. The van der Waals surface area contributed by atoms with E-state index in [-0.39, 0.29) is 16.0 Å². The predicted molar refractivity (Wildman–Crippen MR) is 106 cm³/mol. The second kappa shape index (κ2) is 6.75. The number of aromatic nitrogens is 1. The Kier molecular flexibility index (Phi) is 4.47. The molecule has 0 bridgehead atoms. The highest BCUT2D eigenvalue weighted by Crippen LogP contribution is 2.23. The number of amides is 3. The fourth-order valence-corrected chi connectivity index (χ4v) is 4.91. The topological polar surface area (TPSA) is 106 Å². The Morgan fingerprint density at radius 3 is 2.28 bits per heavy atom. The summed E-state index contributed by atoms with van der Waals surface area (Å²) in [5.74, 6) is -1.69. The Morgan fingerprint density at radius 2 is 1.69 bits per heavy atom. The van der Waals surface area contributed by atoms with E-state index in [1.165, 1.54) is 12.1 Å². The molecule has 0 aliphatic carbocycles. The van der Waals surface area contributed by atoms with Gasteiger partial charge in [-0.15, -0.1) is 0 Å². The lowest BCUT2D eigenvalue weighted by molar-refractivity contribution is -0.118. The molecule has 2 heterocycles. The van der Waals surface area contributed by atoms with Gasteiger partial charge in [0, 0.05) is 13.3 Å². The van der Waals surface area contributed by atoms with E-state index in [9.17, 15) is 22.8 Å². The normalized spacial score (nSPS) is 14.7. The average Bonchev–Trinajstić information content (AvgIpc) is 3.10. The summed E-state index contributed by atoms with van der Waals surface area (Å²) in [6.07, 6.45) is 1.12. The van der Waals surface area contributed by atoms with Crippen molar-refractivity contribution in [3.63, 3.8) is 0 Å². The first-order chi connectivity index (χ1) is 13.7. The summed E-state index contributed by atoms with van der Waals surface area (Å²) in [5.41, 5.74) is 1.26. The number of imide groups is 1. The monoisotopic (exact) mass is 429 g/mol. The second-order valence-corrected chi connectivity index (χ2v) is 9.62. The smallest absolute Gasteiger partial charge is 0.268 e. The van der Waals surface area contributed by atoms with Gasteiger partial charge in [-0.1, -0.05) is 23.5 Å². The molecule has 0 saturated heterocycles. The lowest BCUT2D eigenvalue weighted by atomic mass is 10.1. The van der Waals surface area contributed by atoms with Gasteiger partial charge in [-0.05, 0) is 30.3 Å². The van der Waals surface area contributed by atoms with Crippen molar-refractivity contribution in [2.75, 3.05) is 12.8 Å². The van der Waals surface area contributed by atoms with Crippen LogP contribution < -0.4 is 4.80 Å². The van der Waals surface area contributed by atoms with E-state index in [4.69, 9.17) is 0 Å². The molecule has 4 rings (SSSR count). The van der Waals surface area contributed by atoms with E-state index < -0.39 is 34.1 Å². The van der Waals surface area contributed by atoms with Crippen LogP contribution in [0.4, 0.5) is 0 Å². The van der Waals surface area contributed by atoms with Gasteiger partial charge in [0.15, 0.2) is 14.6 Å². The Bertz CT molecular complexity index is 1350. The summed E-state index contributed by atoms with van der Waals surface area (Å²) in [6.45, 7) is -0.463. The van der Waals surface area contributed by atoms with Gasteiger partial charge >= 0.3 is 0 Å². The summed E-state index contributed by atoms with van der Waals surface area (Å²) in [7, 11) is -1.66. The van der Waals surface area contributed by atoms with Crippen molar-refractivity contribution in [1.29, 1.82) is 0 Å². The van der Waals surface area contributed by atoms with E-state index in [1.807, 2.05) is 0 Å². The molecule has 0 atom stereocenters. The van der Waals surface area contributed by atoms with E-state index in [2.05, 4.69) is 4.99 Å². The molecule has 10 heteroatoms. The lowest BCUT2D eigenvalue weighted by Crippen LogP contribution is -2.35. The number of aryl methyl sites for hydroxylation is 1. The first kappa shape index (κ1) is 19.2. The molecule has 29 heavy (non-hydrogen) atoms. The van der Waals surface area contributed by atoms with Crippen molar-refractivity contribution in [2.24, 2.45) is 12.0 Å². The van der Waals surface area contributed by atoms with Gasteiger partial charge in [0.05, 0.1) is 26.2 Å². The van der Waals surface area contributed by atoms with Crippen molar-refractivity contribution >= 4 is 49.1 Å². The van der Waals surface area contributed by atoms with Gasteiger partial charge in [0.1, 0.15) is 6.54 Å². The molecule has 0 unspecified atom stereocenters. The van der Waals surface area contributed by atoms with Gasteiger partial charge in [0.25, 0.3) is 17.7 Å². The largest absolute Gasteiger partial charge is 0.319 e. The Labute approximate surface area is 169 Å². The number of hydrogen-bond donors (Lipinski definition) is 0. The maximum absolute atomic E-state index is 12.5. The molecule has 8 nitrogen and oxygen atoms in total. The maximum atomic E-state index is 12.5. The van der Waals surface area contributed by atoms with Crippen molar-refractivity contribution in [2.45, 2.75) is 4.90 Å². The molecule has 1 aliphatic heterocycles. The Hall–Kier alpha value is -3.11. The van der Waals surface area contributed by atoms with E-state index in [1.54, 1.807) is 41.9 Å². The number of nitrogens with zero attached hydrogens (tertiary/aromatic N) is 3. The summed E-state index contributed by atoms with van der Waals surface area (Å²) in [5, 5.41) is 0. The zero-order chi connectivity index (χ0) is 20.9. The van der Waals surface area contributed by atoms with E-state index in [0.29, 0.717) is 9.50 Å². The van der Waals surface area contributed by atoms with Gasteiger partial charge in [0.2, 0.25) is 0 Å². The number of thiazole rings is 1. The second-order valence-electron chi connectivity index (χ2n) is 6.59. The average molecular weight is 429 g/mol. The summed E-state index contributed by atoms with van der Waals surface area (Å²) >= 11 is 1.15. The molecular formula is C19H15N3O5S2. The molecule has 1 aromatic heterocycles. The summed E-state index contributed by atoms with van der Waals surface area (Å²) in [4.78, 5) is 42.6. The number of rotatable bonds is 3. The van der Waals surface area contributed by atoms with Crippen LogP contribution in [0.1, 0.15) is 20.7 Å². The minimum atomic E-state index is -3.36. The first-order valence-corrected chi connectivity index (χ1v) is 11.2. The molecule has 1 aliphatic rings. The van der Waals surface area contributed by atoms with Crippen LogP contribution in [0.25, 0.3) is 10.2 Å². The van der Waals surface area contributed by atoms with Gasteiger partial charge < -0.3 is 4.57 Å². The van der Waals surface area contributed by atoms with Crippen molar-refractivity contribution in [3.8, 4) is 0 Å². The fourth-order valence-electron chi connectivity index (χ4n) is 3.11. The van der Waals surface area contributed by atoms with E-state index >= 15 is 0 Å². The molecule has 148 valence electrons. The minimum absolute atomic E-state index is 0.177. The van der Waals surface area contributed by atoms with Crippen LogP contribution in [0.5, 0.6) is 0 Å². The molecule has 2 aromatic carbocycles. The van der Waals surface area contributed by atoms with Crippen LogP contribution in [-0.2, 0) is 21.7 Å². The third-order valence-corrected chi connectivity index (χ3v) is 6.81. The predicted octanol–water partition coefficient (Wildman–Crippen LogP) is 1.37. The SMILES string of the molecule is Cn1c(=NC(=O)CN2C(=O)c3ccccc3C2=O)sc2cc(S(C)(=O)=O)ccc21. The number of carbonyl (C=O) groups is 3. The summed E-state index contributed by atoms with van der Waals surface area (Å²) < 4.78 is 25.8. The number of carbonyl (C=O) groups excluding carboxylic acids is 3. The third kappa shape index (κ3) is 3.30. The van der Waals surface area contributed by atoms with Crippen molar-refractivity contribution < 1.29 is 22.8 Å². The Morgan fingerprint density at radius 1 is 1.07 bits per heavy atom. The Balaban J connectivity index is 1.66. The zero-order valence-corrected chi connectivity index (χ0v) is 17.1.